The van der Waals surface area contributed by atoms with Crippen LogP contribution < -0.4 is 14.2 Å². The summed E-state index contributed by atoms with van der Waals surface area (Å²) < 4.78 is 18.4. The molecule has 0 bridgehead atoms. The van der Waals surface area contributed by atoms with Crippen LogP contribution in [0.25, 0.3) is 6.08 Å². The summed E-state index contributed by atoms with van der Waals surface area (Å²) in [6.45, 7) is 4.99. The fraction of sp³-hybridized carbons (Fsp3) is 0.214. The average Bonchev–Trinajstić information content (AvgIpc) is 3.12. The lowest BCUT2D eigenvalue weighted by molar-refractivity contribution is -0.123. The maximum Gasteiger partial charge on any atom is 0.293 e. The van der Waals surface area contributed by atoms with Gasteiger partial charge in [0.25, 0.3) is 11.1 Å². The molecule has 9 heteroatoms. The van der Waals surface area contributed by atoms with E-state index in [2.05, 4.69) is 22.6 Å². The van der Waals surface area contributed by atoms with Crippen LogP contribution in [0.2, 0.25) is 5.02 Å². The Morgan fingerprint density at radius 2 is 1.84 bits per heavy atom. The standard InChI is InChI=1S/C28H25ClINO5S/c1-3-34-24-15-19(14-23(30)26(24)36-17-20-8-4-5-10-22(20)29)16-25-27(32)31(28(33)37-25)11-12-35-21-9-6-7-18(2)13-21/h4-10,13-16H,3,11-12,17H2,1-2H3/b25-16-. The van der Waals surface area contributed by atoms with Gasteiger partial charge in [-0.3, -0.25) is 14.5 Å². The first-order chi connectivity index (χ1) is 17.9. The van der Waals surface area contributed by atoms with E-state index in [0.717, 1.165) is 32.0 Å². The topological polar surface area (TPSA) is 65.1 Å². The van der Waals surface area contributed by atoms with Gasteiger partial charge < -0.3 is 14.2 Å². The van der Waals surface area contributed by atoms with Crippen molar-refractivity contribution in [3.8, 4) is 17.2 Å². The molecule has 0 saturated carbocycles. The third-order valence-electron chi connectivity index (χ3n) is 5.41. The van der Waals surface area contributed by atoms with Crippen LogP contribution in [0.3, 0.4) is 0 Å². The number of carbonyl (C=O) groups excluding carboxylic acids is 2. The van der Waals surface area contributed by atoms with Gasteiger partial charge in [-0.1, -0.05) is 41.9 Å². The molecule has 0 spiro atoms. The van der Waals surface area contributed by atoms with Crippen molar-refractivity contribution in [3.63, 3.8) is 0 Å². The van der Waals surface area contributed by atoms with Gasteiger partial charge in [0.2, 0.25) is 0 Å². The number of aryl methyl sites for hydroxylation is 1. The molecule has 37 heavy (non-hydrogen) atoms. The molecule has 1 fully saturated rings. The van der Waals surface area contributed by atoms with E-state index in [1.807, 2.05) is 74.5 Å². The molecule has 1 saturated heterocycles. The Hall–Kier alpha value is -2.69. The van der Waals surface area contributed by atoms with E-state index in [1.165, 1.54) is 4.90 Å². The van der Waals surface area contributed by atoms with Crippen molar-refractivity contribution in [3.05, 3.63) is 90.9 Å². The van der Waals surface area contributed by atoms with E-state index in [0.29, 0.717) is 40.4 Å². The van der Waals surface area contributed by atoms with Crippen LogP contribution in [-0.2, 0) is 11.4 Å². The maximum atomic E-state index is 13.0. The first-order valence-electron chi connectivity index (χ1n) is 11.6. The molecule has 192 valence electrons. The van der Waals surface area contributed by atoms with Gasteiger partial charge >= 0.3 is 0 Å². The molecule has 1 heterocycles. The van der Waals surface area contributed by atoms with Crippen molar-refractivity contribution in [2.75, 3.05) is 19.8 Å². The monoisotopic (exact) mass is 649 g/mol. The number of halogens is 2. The maximum absolute atomic E-state index is 13.0. The molecule has 0 N–H and O–H groups in total. The Morgan fingerprint density at radius 1 is 1.03 bits per heavy atom. The van der Waals surface area contributed by atoms with Crippen LogP contribution in [0, 0.1) is 10.5 Å². The van der Waals surface area contributed by atoms with Gasteiger partial charge in [0, 0.05) is 10.6 Å². The fourth-order valence-electron chi connectivity index (χ4n) is 3.64. The second-order valence-electron chi connectivity index (χ2n) is 8.14. The number of amides is 2. The first kappa shape index (κ1) is 27.3. The second kappa shape index (κ2) is 12.7. The van der Waals surface area contributed by atoms with Gasteiger partial charge in [-0.25, -0.2) is 0 Å². The molecule has 3 aromatic carbocycles. The summed E-state index contributed by atoms with van der Waals surface area (Å²) in [6, 6.07) is 18.8. The summed E-state index contributed by atoms with van der Waals surface area (Å²) in [5, 5.41) is 0.315. The second-order valence-corrected chi connectivity index (χ2v) is 10.7. The highest BCUT2D eigenvalue weighted by molar-refractivity contribution is 14.1. The Kier molecular flexibility index (Phi) is 9.39. The zero-order valence-corrected chi connectivity index (χ0v) is 24.1. The Labute approximate surface area is 239 Å². The molecule has 6 nitrogen and oxygen atoms in total. The number of rotatable bonds is 10. The Bertz CT molecular complexity index is 1350. The summed E-state index contributed by atoms with van der Waals surface area (Å²) in [4.78, 5) is 27.1. The average molecular weight is 650 g/mol. The molecule has 0 radical (unpaired) electrons. The van der Waals surface area contributed by atoms with Crippen molar-refractivity contribution < 1.29 is 23.8 Å². The minimum atomic E-state index is -0.338. The van der Waals surface area contributed by atoms with E-state index in [9.17, 15) is 9.59 Å². The minimum Gasteiger partial charge on any atom is -0.492 e. The van der Waals surface area contributed by atoms with Gasteiger partial charge in [0.1, 0.15) is 19.0 Å². The van der Waals surface area contributed by atoms with E-state index < -0.39 is 0 Å². The molecule has 0 aromatic heterocycles. The molecular formula is C28H25ClINO5S. The zero-order valence-electron chi connectivity index (χ0n) is 20.3. The van der Waals surface area contributed by atoms with E-state index >= 15 is 0 Å². The van der Waals surface area contributed by atoms with Crippen LogP contribution in [-0.4, -0.2) is 35.8 Å². The highest BCUT2D eigenvalue weighted by atomic mass is 127. The molecule has 0 aliphatic carbocycles. The molecule has 0 unspecified atom stereocenters. The highest BCUT2D eigenvalue weighted by Gasteiger charge is 2.35. The predicted octanol–water partition coefficient (Wildman–Crippen LogP) is 7.35. The molecule has 0 atom stereocenters. The predicted molar refractivity (Wildman–Crippen MR) is 155 cm³/mol. The van der Waals surface area contributed by atoms with Gasteiger partial charge in [0.15, 0.2) is 11.5 Å². The van der Waals surface area contributed by atoms with Crippen LogP contribution >= 0.6 is 46.0 Å². The summed E-state index contributed by atoms with van der Waals surface area (Å²) in [7, 11) is 0. The number of carbonyl (C=O) groups is 2. The van der Waals surface area contributed by atoms with Crippen LogP contribution in [0.4, 0.5) is 4.79 Å². The van der Waals surface area contributed by atoms with Crippen molar-refractivity contribution in [1.82, 2.24) is 4.90 Å². The van der Waals surface area contributed by atoms with Crippen LogP contribution in [0.15, 0.2) is 65.6 Å². The van der Waals surface area contributed by atoms with Crippen molar-refractivity contribution in [2.45, 2.75) is 20.5 Å². The summed E-state index contributed by atoms with van der Waals surface area (Å²) in [6.07, 6.45) is 1.70. The van der Waals surface area contributed by atoms with Crippen molar-refractivity contribution >= 4 is 63.2 Å². The number of hydrogen-bond acceptors (Lipinski definition) is 6. The third kappa shape index (κ3) is 7.00. The van der Waals surface area contributed by atoms with Crippen molar-refractivity contribution in [2.24, 2.45) is 0 Å². The summed E-state index contributed by atoms with van der Waals surface area (Å²) >= 11 is 9.36. The number of benzene rings is 3. The van der Waals surface area contributed by atoms with Gasteiger partial charge in [-0.15, -0.1) is 0 Å². The molecule has 1 aliphatic rings. The number of imide groups is 1. The summed E-state index contributed by atoms with van der Waals surface area (Å²) in [5.74, 6) is 1.52. The number of thioether (sulfide) groups is 1. The SMILES string of the molecule is CCOc1cc(/C=C2\SC(=O)N(CCOc3cccc(C)c3)C2=O)cc(I)c1OCc1ccccc1Cl. The Balaban J connectivity index is 1.47. The number of ether oxygens (including phenoxy) is 3. The molecule has 4 rings (SSSR count). The zero-order chi connectivity index (χ0) is 26.4. The fourth-order valence-corrected chi connectivity index (χ4v) is 5.48. The third-order valence-corrected chi connectivity index (χ3v) is 7.48. The Morgan fingerprint density at radius 3 is 2.59 bits per heavy atom. The minimum absolute atomic E-state index is 0.173. The lowest BCUT2D eigenvalue weighted by Crippen LogP contribution is -2.32. The lowest BCUT2D eigenvalue weighted by atomic mass is 10.1. The quantitative estimate of drug-likeness (QED) is 0.169. The molecule has 1 aliphatic heterocycles. The smallest absolute Gasteiger partial charge is 0.293 e. The van der Waals surface area contributed by atoms with Crippen LogP contribution in [0.5, 0.6) is 17.2 Å². The van der Waals surface area contributed by atoms with Gasteiger partial charge in [-0.2, -0.15) is 0 Å². The molecular weight excluding hydrogens is 625 g/mol. The lowest BCUT2D eigenvalue weighted by Gasteiger charge is -2.15. The van der Waals surface area contributed by atoms with Gasteiger partial charge in [0.05, 0.1) is 21.6 Å². The summed E-state index contributed by atoms with van der Waals surface area (Å²) in [5.41, 5.74) is 2.68. The van der Waals surface area contributed by atoms with Crippen LogP contribution in [0.1, 0.15) is 23.6 Å². The molecule has 2 amide bonds. The van der Waals surface area contributed by atoms with E-state index in [-0.39, 0.29) is 24.3 Å². The van der Waals surface area contributed by atoms with Gasteiger partial charge in [-0.05, 0) is 95.7 Å². The van der Waals surface area contributed by atoms with E-state index in [1.54, 1.807) is 6.08 Å². The normalized spacial score (nSPS) is 14.4. The first-order valence-corrected chi connectivity index (χ1v) is 13.9. The highest BCUT2D eigenvalue weighted by Crippen LogP contribution is 2.38. The number of hydrogen-bond donors (Lipinski definition) is 0. The molecule has 3 aromatic rings. The largest absolute Gasteiger partial charge is 0.492 e. The van der Waals surface area contributed by atoms with E-state index in [4.69, 9.17) is 25.8 Å². The van der Waals surface area contributed by atoms with Crippen molar-refractivity contribution in [1.29, 1.82) is 0 Å². The number of nitrogens with zero attached hydrogens (tertiary/aromatic N) is 1.